The molecule has 0 fully saturated rings. The highest BCUT2D eigenvalue weighted by molar-refractivity contribution is 5.36. The summed E-state index contributed by atoms with van der Waals surface area (Å²) in [6, 6.07) is 17.1. The summed E-state index contributed by atoms with van der Waals surface area (Å²) < 4.78 is 5.86. The zero-order valence-corrected chi connectivity index (χ0v) is 12.6. The number of para-hydroxylation sites is 1. The summed E-state index contributed by atoms with van der Waals surface area (Å²) in [5, 5.41) is 0. The molecule has 1 heterocycles. The second-order valence-electron chi connectivity index (χ2n) is 5.90. The normalized spacial score (nSPS) is 18.7. The fourth-order valence-corrected chi connectivity index (χ4v) is 3.05. The zero-order valence-electron chi connectivity index (χ0n) is 12.6. The van der Waals surface area contributed by atoms with E-state index in [-0.39, 0.29) is 6.04 Å². The third-order valence-electron chi connectivity index (χ3n) is 4.32. The Hall–Kier alpha value is -1.80. The van der Waals surface area contributed by atoms with Gasteiger partial charge in [0, 0.05) is 12.0 Å². The third-order valence-corrected chi connectivity index (χ3v) is 4.32. The molecule has 2 unspecified atom stereocenters. The van der Waals surface area contributed by atoms with E-state index in [1.165, 1.54) is 23.1 Å². The molecule has 2 atom stereocenters. The van der Waals surface area contributed by atoms with Gasteiger partial charge in [0.1, 0.15) is 5.75 Å². The van der Waals surface area contributed by atoms with E-state index >= 15 is 0 Å². The van der Waals surface area contributed by atoms with Crippen LogP contribution in [0.1, 0.15) is 36.1 Å². The minimum Gasteiger partial charge on any atom is -0.493 e. The number of fused-ring (bicyclic) bond motifs is 1. The lowest BCUT2D eigenvalue weighted by Gasteiger charge is -2.29. The summed E-state index contributed by atoms with van der Waals surface area (Å²) in [4.78, 5) is 0. The Bertz CT molecular complexity index is 591. The van der Waals surface area contributed by atoms with Gasteiger partial charge in [-0.15, -0.1) is 0 Å². The van der Waals surface area contributed by atoms with E-state index in [0.29, 0.717) is 12.5 Å². The smallest absolute Gasteiger partial charge is 0.122 e. The van der Waals surface area contributed by atoms with E-state index in [2.05, 4.69) is 43.3 Å². The van der Waals surface area contributed by atoms with Crippen molar-refractivity contribution in [3.8, 4) is 5.75 Å². The fraction of sp³-hybridized carbons (Fsp3) is 0.368. The van der Waals surface area contributed by atoms with Crippen LogP contribution in [0, 0.1) is 5.92 Å². The highest BCUT2D eigenvalue weighted by Crippen LogP contribution is 2.32. The number of hydrogen-bond acceptors (Lipinski definition) is 2. The van der Waals surface area contributed by atoms with Crippen molar-refractivity contribution in [1.82, 2.24) is 0 Å². The summed E-state index contributed by atoms with van der Waals surface area (Å²) in [6.07, 6.45) is 3.31. The quantitative estimate of drug-likeness (QED) is 0.922. The number of hydrogen-bond donors (Lipinski definition) is 1. The first-order chi connectivity index (χ1) is 10.3. The summed E-state index contributed by atoms with van der Waals surface area (Å²) in [6.45, 7) is 2.91. The van der Waals surface area contributed by atoms with Crippen LogP contribution >= 0.6 is 0 Å². The van der Waals surface area contributed by atoms with Crippen LogP contribution in [0.3, 0.4) is 0 Å². The summed E-state index contributed by atoms with van der Waals surface area (Å²) in [5.74, 6) is 1.36. The van der Waals surface area contributed by atoms with Gasteiger partial charge in [0.15, 0.2) is 0 Å². The number of benzene rings is 2. The fourth-order valence-electron chi connectivity index (χ4n) is 3.05. The van der Waals surface area contributed by atoms with Gasteiger partial charge >= 0.3 is 0 Å². The van der Waals surface area contributed by atoms with Crippen molar-refractivity contribution >= 4 is 0 Å². The van der Waals surface area contributed by atoms with E-state index in [9.17, 15) is 0 Å². The third kappa shape index (κ3) is 3.11. The Balaban J connectivity index is 1.72. The minimum absolute atomic E-state index is 0.0361. The maximum Gasteiger partial charge on any atom is 0.122 e. The van der Waals surface area contributed by atoms with Gasteiger partial charge in [0.2, 0.25) is 0 Å². The summed E-state index contributed by atoms with van der Waals surface area (Å²) in [5.41, 5.74) is 10.3. The molecular formula is C19H23NO. The van der Waals surface area contributed by atoms with Crippen LogP contribution in [0.4, 0.5) is 0 Å². The number of nitrogens with two attached hydrogens (primary N) is 1. The van der Waals surface area contributed by atoms with Crippen molar-refractivity contribution in [2.75, 3.05) is 6.61 Å². The van der Waals surface area contributed by atoms with Crippen LogP contribution in [0.5, 0.6) is 5.75 Å². The highest BCUT2D eigenvalue weighted by atomic mass is 16.5. The van der Waals surface area contributed by atoms with Crippen molar-refractivity contribution in [3.63, 3.8) is 0 Å². The molecule has 0 amide bonds. The van der Waals surface area contributed by atoms with E-state index in [0.717, 1.165) is 18.6 Å². The van der Waals surface area contributed by atoms with E-state index in [1.807, 2.05) is 12.1 Å². The standard InChI is InChI=1S/C19H23NO/c1-2-5-14-8-10-15(11-9-14)19(20)17-12-16-6-3-4-7-18(16)21-13-17/h3-4,6-11,17,19H,2,5,12-13,20H2,1H3. The van der Waals surface area contributed by atoms with Crippen LogP contribution in [-0.2, 0) is 12.8 Å². The molecule has 2 nitrogen and oxygen atoms in total. The molecule has 110 valence electrons. The van der Waals surface area contributed by atoms with Gasteiger partial charge in [0.25, 0.3) is 0 Å². The average Bonchev–Trinajstić information content (AvgIpc) is 2.55. The van der Waals surface area contributed by atoms with Gasteiger partial charge < -0.3 is 10.5 Å². The Labute approximate surface area is 126 Å². The van der Waals surface area contributed by atoms with Gasteiger partial charge in [-0.2, -0.15) is 0 Å². The lowest BCUT2D eigenvalue weighted by Crippen LogP contribution is -2.31. The van der Waals surface area contributed by atoms with Crippen molar-refractivity contribution in [2.24, 2.45) is 11.7 Å². The van der Waals surface area contributed by atoms with Crippen molar-refractivity contribution < 1.29 is 4.74 Å². The van der Waals surface area contributed by atoms with E-state index in [4.69, 9.17) is 10.5 Å². The molecule has 2 heteroatoms. The van der Waals surface area contributed by atoms with Crippen molar-refractivity contribution in [2.45, 2.75) is 32.2 Å². The molecule has 2 N–H and O–H groups in total. The second kappa shape index (κ2) is 6.31. The molecule has 1 aliphatic rings. The Kier molecular flexibility index (Phi) is 4.26. The largest absolute Gasteiger partial charge is 0.493 e. The van der Waals surface area contributed by atoms with Crippen molar-refractivity contribution in [1.29, 1.82) is 0 Å². The molecule has 0 aliphatic carbocycles. The summed E-state index contributed by atoms with van der Waals surface area (Å²) >= 11 is 0. The van der Waals surface area contributed by atoms with Gasteiger partial charge in [-0.3, -0.25) is 0 Å². The Morgan fingerprint density at radius 2 is 1.90 bits per heavy atom. The number of rotatable bonds is 4. The first-order valence-electron chi connectivity index (χ1n) is 7.83. The molecule has 0 saturated heterocycles. The average molecular weight is 281 g/mol. The van der Waals surface area contributed by atoms with E-state index in [1.54, 1.807) is 0 Å². The molecular weight excluding hydrogens is 258 g/mol. The lowest BCUT2D eigenvalue weighted by molar-refractivity contribution is 0.200. The predicted molar refractivity (Wildman–Crippen MR) is 86.5 cm³/mol. The first-order valence-corrected chi connectivity index (χ1v) is 7.83. The van der Waals surface area contributed by atoms with Crippen LogP contribution in [-0.4, -0.2) is 6.61 Å². The second-order valence-corrected chi connectivity index (χ2v) is 5.90. The molecule has 0 radical (unpaired) electrons. The topological polar surface area (TPSA) is 35.2 Å². The first kappa shape index (κ1) is 14.2. The molecule has 0 bridgehead atoms. The molecule has 1 aliphatic heterocycles. The maximum absolute atomic E-state index is 6.47. The monoisotopic (exact) mass is 281 g/mol. The van der Waals surface area contributed by atoms with Crippen LogP contribution in [0.15, 0.2) is 48.5 Å². The maximum atomic E-state index is 6.47. The van der Waals surface area contributed by atoms with Gasteiger partial charge in [-0.25, -0.2) is 0 Å². The zero-order chi connectivity index (χ0) is 14.7. The van der Waals surface area contributed by atoms with Gasteiger partial charge in [-0.1, -0.05) is 55.8 Å². The van der Waals surface area contributed by atoms with Crippen LogP contribution in [0.2, 0.25) is 0 Å². The van der Waals surface area contributed by atoms with E-state index < -0.39 is 0 Å². The number of aryl methyl sites for hydroxylation is 1. The molecule has 21 heavy (non-hydrogen) atoms. The Morgan fingerprint density at radius 1 is 1.14 bits per heavy atom. The molecule has 0 saturated carbocycles. The molecule has 3 rings (SSSR count). The predicted octanol–water partition coefficient (Wildman–Crippen LogP) is 3.89. The highest BCUT2D eigenvalue weighted by Gasteiger charge is 2.25. The summed E-state index contributed by atoms with van der Waals surface area (Å²) in [7, 11) is 0. The molecule has 0 spiro atoms. The molecule has 2 aromatic rings. The van der Waals surface area contributed by atoms with Gasteiger partial charge in [0.05, 0.1) is 6.61 Å². The SMILES string of the molecule is CCCc1ccc(C(N)C2COc3ccccc3C2)cc1. The van der Waals surface area contributed by atoms with Crippen LogP contribution in [0.25, 0.3) is 0 Å². The Morgan fingerprint density at radius 3 is 2.67 bits per heavy atom. The molecule has 0 aromatic heterocycles. The van der Waals surface area contributed by atoms with Crippen LogP contribution < -0.4 is 10.5 Å². The lowest BCUT2D eigenvalue weighted by atomic mass is 9.87. The van der Waals surface area contributed by atoms with Crippen molar-refractivity contribution in [3.05, 3.63) is 65.2 Å². The molecule has 2 aromatic carbocycles. The van der Waals surface area contributed by atoms with Gasteiger partial charge in [-0.05, 0) is 35.6 Å². The number of ether oxygens (including phenoxy) is 1. The minimum atomic E-state index is 0.0361.